The van der Waals surface area contributed by atoms with E-state index in [0.717, 1.165) is 25.7 Å². The molecule has 114 valence electrons. The van der Waals surface area contributed by atoms with Gasteiger partial charge in [-0.2, -0.15) is 0 Å². The predicted octanol–water partition coefficient (Wildman–Crippen LogP) is 1.48. The van der Waals surface area contributed by atoms with Gasteiger partial charge in [0, 0.05) is 11.8 Å². The summed E-state index contributed by atoms with van der Waals surface area (Å²) < 4.78 is 4.48. The molecule has 1 aliphatic carbocycles. The molecule has 1 aliphatic rings. The zero-order chi connectivity index (χ0) is 15.2. The fourth-order valence-electron chi connectivity index (χ4n) is 2.73. The number of hydrogen-bond donors (Lipinski definition) is 2. The molecular formula is C14H23NO5. The molecule has 1 saturated carbocycles. The largest absolute Gasteiger partial charge is 0.480 e. The van der Waals surface area contributed by atoms with E-state index >= 15 is 0 Å². The van der Waals surface area contributed by atoms with Crippen LogP contribution in [0.3, 0.4) is 0 Å². The molecule has 6 heteroatoms. The van der Waals surface area contributed by atoms with E-state index in [9.17, 15) is 14.4 Å². The highest BCUT2D eigenvalue weighted by atomic mass is 16.5. The third kappa shape index (κ3) is 3.95. The van der Waals surface area contributed by atoms with Crippen molar-refractivity contribution >= 4 is 17.8 Å². The lowest BCUT2D eigenvalue weighted by atomic mass is 9.82. The zero-order valence-corrected chi connectivity index (χ0v) is 12.1. The Kier molecular flexibility index (Phi) is 5.98. The Morgan fingerprint density at radius 1 is 1.30 bits per heavy atom. The van der Waals surface area contributed by atoms with Crippen LogP contribution in [0.2, 0.25) is 0 Å². The van der Waals surface area contributed by atoms with Crippen molar-refractivity contribution in [3.8, 4) is 0 Å². The lowest BCUT2D eigenvalue weighted by Crippen LogP contribution is -2.47. The lowest BCUT2D eigenvalue weighted by Gasteiger charge is -2.28. The monoisotopic (exact) mass is 285 g/mol. The molecule has 0 aromatic heterocycles. The molecule has 0 aliphatic heterocycles. The van der Waals surface area contributed by atoms with Gasteiger partial charge >= 0.3 is 11.9 Å². The molecule has 20 heavy (non-hydrogen) atoms. The summed E-state index contributed by atoms with van der Waals surface area (Å²) in [5.74, 6) is -1.79. The molecule has 0 aromatic carbocycles. The number of nitrogens with one attached hydrogen (secondary N) is 1. The second kappa shape index (κ2) is 7.26. The lowest BCUT2D eigenvalue weighted by molar-refractivity contribution is -0.145. The van der Waals surface area contributed by atoms with Gasteiger partial charge in [0.25, 0.3) is 0 Å². The molecule has 1 rings (SSSR count). The van der Waals surface area contributed by atoms with E-state index in [2.05, 4.69) is 10.1 Å². The first-order chi connectivity index (χ1) is 9.45. The average molecular weight is 285 g/mol. The van der Waals surface area contributed by atoms with Gasteiger partial charge in [-0.3, -0.25) is 9.59 Å². The van der Waals surface area contributed by atoms with Crippen molar-refractivity contribution < 1.29 is 24.2 Å². The maximum atomic E-state index is 12.3. The topological polar surface area (TPSA) is 92.7 Å². The third-order valence-electron chi connectivity index (χ3n) is 4.19. The second-order valence-corrected chi connectivity index (χ2v) is 5.32. The molecule has 0 heterocycles. The molecular weight excluding hydrogens is 262 g/mol. The Bertz CT molecular complexity index is 374. The highest BCUT2D eigenvalue weighted by Gasteiger charge is 2.40. The first-order valence-electron chi connectivity index (χ1n) is 7.06. The van der Waals surface area contributed by atoms with E-state index in [0.29, 0.717) is 6.42 Å². The summed E-state index contributed by atoms with van der Waals surface area (Å²) in [4.78, 5) is 34.6. The number of carboxylic acid groups (broad SMARTS) is 1. The number of carbonyl (C=O) groups is 3. The van der Waals surface area contributed by atoms with E-state index in [4.69, 9.17) is 5.11 Å². The van der Waals surface area contributed by atoms with E-state index in [1.54, 1.807) is 0 Å². The fraction of sp³-hybridized carbons (Fsp3) is 0.786. The van der Waals surface area contributed by atoms with Gasteiger partial charge in [0.1, 0.15) is 6.04 Å². The summed E-state index contributed by atoms with van der Waals surface area (Å²) in [7, 11) is 1.25. The second-order valence-electron chi connectivity index (χ2n) is 5.32. The summed E-state index contributed by atoms with van der Waals surface area (Å²) in [6, 6.07) is -1.04. The third-order valence-corrected chi connectivity index (χ3v) is 4.19. The van der Waals surface area contributed by atoms with Crippen LogP contribution in [0.25, 0.3) is 0 Å². The van der Waals surface area contributed by atoms with Gasteiger partial charge in [-0.25, -0.2) is 4.79 Å². The van der Waals surface area contributed by atoms with Crippen LogP contribution in [-0.4, -0.2) is 36.1 Å². The molecule has 0 bridgehead atoms. The SMILES string of the molecule is CCC1(C(=O)N[C@@H](CCC(=O)OC)C(=O)O)CCCC1. The normalized spacial score (nSPS) is 18.3. The molecule has 0 saturated heterocycles. The van der Waals surface area contributed by atoms with Gasteiger partial charge in [-0.05, 0) is 25.7 Å². The average Bonchev–Trinajstić information content (AvgIpc) is 2.92. The van der Waals surface area contributed by atoms with Gasteiger partial charge in [0.15, 0.2) is 0 Å². The predicted molar refractivity (Wildman–Crippen MR) is 72.0 cm³/mol. The summed E-state index contributed by atoms with van der Waals surface area (Å²) in [5, 5.41) is 11.7. The van der Waals surface area contributed by atoms with E-state index in [1.165, 1.54) is 7.11 Å². The molecule has 1 fully saturated rings. The minimum Gasteiger partial charge on any atom is -0.480 e. The Morgan fingerprint density at radius 3 is 2.35 bits per heavy atom. The van der Waals surface area contributed by atoms with Gasteiger partial charge in [0.2, 0.25) is 5.91 Å². The number of carbonyl (C=O) groups excluding carboxylic acids is 2. The summed E-state index contributed by atoms with van der Waals surface area (Å²) in [5.41, 5.74) is -0.432. The maximum absolute atomic E-state index is 12.3. The van der Waals surface area contributed by atoms with E-state index in [1.807, 2.05) is 6.92 Å². The van der Waals surface area contributed by atoms with Crippen LogP contribution in [0.1, 0.15) is 51.9 Å². The number of aliphatic carboxylic acids is 1. The van der Waals surface area contributed by atoms with Gasteiger partial charge < -0.3 is 15.2 Å². The van der Waals surface area contributed by atoms with E-state index in [-0.39, 0.29) is 18.7 Å². The van der Waals surface area contributed by atoms with Crippen molar-refractivity contribution in [2.24, 2.45) is 5.41 Å². The van der Waals surface area contributed by atoms with Crippen LogP contribution in [0.4, 0.5) is 0 Å². The minimum absolute atomic E-state index is 0.0210. The van der Waals surface area contributed by atoms with Crippen molar-refractivity contribution in [3.63, 3.8) is 0 Å². The van der Waals surface area contributed by atoms with Crippen LogP contribution < -0.4 is 5.32 Å². The van der Waals surface area contributed by atoms with Crippen molar-refractivity contribution in [2.45, 2.75) is 57.9 Å². The number of carboxylic acids is 1. The summed E-state index contributed by atoms with van der Waals surface area (Å²) in [6.45, 7) is 1.95. The quantitative estimate of drug-likeness (QED) is 0.691. The molecule has 6 nitrogen and oxygen atoms in total. The molecule has 1 amide bonds. The van der Waals surface area contributed by atoms with Gasteiger partial charge in [0.05, 0.1) is 7.11 Å². The van der Waals surface area contributed by atoms with Crippen LogP contribution in [0.5, 0.6) is 0 Å². The van der Waals surface area contributed by atoms with Crippen molar-refractivity contribution in [1.82, 2.24) is 5.32 Å². The van der Waals surface area contributed by atoms with E-state index < -0.39 is 23.4 Å². The minimum atomic E-state index is -1.12. The summed E-state index contributed by atoms with van der Waals surface area (Å²) in [6.07, 6.45) is 4.35. The number of esters is 1. The molecule has 0 unspecified atom stereocenters. The number of methoxy groups -OCH3 is 1. The summed E-state index contributed by atoms with van der Waals surface area (Å²) >= 11 is 0. The molecule has 0 radical (unpaired) electrons. The van der Waals surface area contributed by atoms with Crippen LogP contribution in [0.15, 0.2) is 0 Å². The smallest absolute Gasteiger partial charge is 0.326 e. The van der Waals surface area contributed by atoms with Crippen LogP contribution >= 0.6 is 0 Å². The highest BCUT2D eigenvalue weighted by molar-refractivity contribution is 5.87. The number of ether oxygens (including phenoxy) is 1. The Balaban J connectivity index is 2.63. The van der Waals surface area contributed by atoms with Crippen molar-refractivity contribution in [2.75, 3.05) is 7.11 Å². The van der Waals surface area contributed by atoms with Gasteiger partial charge in [-0.1, -0.05) is 19.8 Å². The van der Waals surface area contributed by atoms with Crippen LogP contribution in [-0.2, 0) is 19.1 Å². The number of rotatable bonds is 7. The molecule has 1 atom stereocenters. The molecule has 0 spiro atoms. The molecule has 0 aromatic rings. The number of hydrogen-bond acceptors (Lipinski definition) is 4. The first kappa shape index (κ1) is 16.5. The fourth-order valence-corrected chi connectivity index (χ4v) is 2.73. The van der Waals surface area contributed by atoms with Crippen molar-refractivity contribution in [1.29, 1.82) is 0 Å². The zero-order valence-electron chi connectivity index (χ0n) is 12.1. The van der Waals surface area contributed by atoms with Crippen LogP contribution in [0, 0.1) is 5.41 Å². The Morgan fingerprint density at radius 2 is 1.90 bits per heavy atom. The first-order valence-corrected chi connectivity index (χ1v) is 7.06. The maximum Gasteiger partial charge on any atom is 0.326 e. The molecule has 2 N–H and O–H groups in total. The highest BCUT2D eigenvalue weighted by Crippen LogP contribution is 2.41. The Hall–Kier alpha value is -1.59. The standard InChI is InChI=1S/C14H23NO5/c1-3-14(8-4-5-9-14)13(19)15-10(12(17)18)6-7-11(16)20-2/h10H,3-9H2,1-2H3,(H,15,19)(H,17,18)/t10-/m0/s1. The Labute approximate surface area is 118 Å². The number of amides is 1. The van der Waals surface area contributed by atoms with Gasteiger partial charge in [-0.15, -0.1) is 0 Å². The van der Waals surface area contributed by atoms with Crippen molar-refractivity contribution in [3.05, 3.63) is 0 Å².